The standard InChI is InChI=1S/C22H20N2O4/c1-14-6-8-16-4-3-5-17(21(16)23-14)24-20(25)9-7-15-12-18(26-2)22-19(13-15)27-10-11-28-22/h3-9,12-13H,10-11H2,1-2H3,(H,24,25). The Labute approximate surface area is 162 Å². The van der Waals surface area contributed by atoms with Gasteiger partial charge in [0.2, 0.25) is 11.7 Å². The molecule has 2 aromatic carbocycles. The van der Waals surface area contributed by atoms with E-state index < -0.39 is 0 Å². The van der Waals surface area contributed by atoms with E-state index >= 15 is 0 Å². The molecule has 0 fully saturated rings. The van der Waals surface area contributed by atoms with E-state index in [1.165, 1.54) is 6.08 Å². The van der Waals surface area contributed by atoms with Crippen LogP contribution in [-0.4, -0.2) is 31.2 Å². The molecular weight excluding hydrogens is 356 g/mol. The van der Waals surface area contributed by atoms with E-state index in [9.17, 15) is 4.79 Å². The number of hydrogen-bond acceptors (Lipinski definition) is 5. The molecule has 1 N–H and O–H groups in total. The van der Waals surface area contributed by atoms with Crippen LogP contribution in [0.2, 0.25) is 0 Å². The summed E-state index contributed by atoms with van der Waals surface area (Å²) >= 11 is 0. The molecule has 0 radical (unpaired) electrons. The van der Waals surface area contributed by atoms with E-state index in [0.29, 0.717) is 36.1 Å². The van der Waals surface area contributed by atoms with Crippen molar-refractivity contribution in [1.82, 2.24) is 4.98 Å². The number of rotatable bonds is 4. The summed E-state index contributed by atoms with van der Waals surface area (Å²) < 4.78 is 16.6. The molecule has 4 rings (SSSR count). The number of hydrogen-bond donors (Lipinski definition) is 1. The summed E-state index contributed by atoms with van der Waals surface area (Å²) in [6.45, 7) is 2.89. The number of anilines is 1. The highest BCUT2D eigenvalue weighted by atomic mass is 16.6. The Kier molecular flexibility index (Phi) is 4.85. The molecule has 0 aliphatic carbocycles. The quantitative estimate of drug-likeness (QED) is 0.698. The lowest BCUT2D eigenvalue weighted by molar-refractivity contribution is -0.111. The number of nitrogens with zero attached hydrogens (tertiary/aromatic N) is 1. The molecule has 0 saturated heterocycles. The Balaban J connectivity index is 1.56. The number of fused-ring (bicyclic) bond motifs is 2. The molecular formula is C22H20N2O4. The Morgan fingerprint density at radius 3 is 2.89 bits per heavy atom. The zero-order valence-corrected chi connectivity index (χ0v) is 15.7. The SMILES string of the molecule is COc1cc(C=CC(=O)Nc2cccc3ccc(C)nc23)cc2c1OCCO2. The van der Waals surface area contributed by atoms with Crippen LogP contribution in [0.1, 0.15) is 11.3 Å². The van der Waals surface area contributed by atoms with Crippen LogP contribution in [0.15, 0.2) is 48.5 Å². The number of carbonyl (C=O) groups is 1. The predicted octanol–water partition coefficient (Wildman–Crippen LogP) is 3.97. The summed E-state index contributed by atoms with van der Waals surface area (Å²) in [5.41, 5.74) is 3.12. The minimum atomic E-state index is -0.246. The normalized spacial score (nSPS) is 12.9. The Bertz CT molecular complexity index is 1060. The second-order valence-electron chi connectivity index (χ2n) is 6.40. The van der Waals surface area contributed by atoms with Crippen LogP contribution in [0.25, 0.3) is 17.0 Å². The first-order valence-electron chi connectivity index (χ1n) is 8.97. The maximum absolute atomic E-state index is 12.4. The van der Waals surface area contributed by atoms with Crippen molar-refractivity contribution in [2.24, 2.45) is 0 Å². The van der Waals surface area contributed by atoms with Crippen LogP contribution in [0.5, 0.6) is 17.2 Å². The molecule has 1 aromatic heterocycles. The van der Waals surface area contributed by atoms with Crippen LogP contribution < -0.4 is 19.5 Å². The fraction of sp³-hybridized carbons (Fsp3) is 0.182. The molecule has 0 bridgehead atoms. The summed E-state index contributed by atoms with van der Waals surface area (Å²) in [6, 6.07) is 13.3. The van der Waals surface area contributed by atoms with Crippen LogP contribution >= 0.6 is 0 Å². The average molecular weight is 376 g/mol. The highest BCUT2D eigenvalue weighted by molar-refractivity contribution is 6.06. The van der Waals surface area contributed by atoms with E-state index in [2.05, 4.69) is 10.3 Å². The number of carbonyl (C=O) groups excluding carboxylic acids is 1. The van der Waals surface area contributed by atoms with E-state index in [4.69, 9.17) is 14.2 Å². The van der Waals surface area contributed by atoms with Gasteiger partial charge in [0.1, 0.15) is 13.2 Å². The molecule has 0 saturated carbocycles. The lowest BCUT2D eigenvalue weighted by Gasteiger charge is -2.20. The van der Waals surface area contributed by atoms with Crippen molar-refractivity contribution >= 4 is 28.6 Å². The number of pyridine rings is 1. The molecule has 1 aliphatic heterocycles. The maximum Gasteiger partial charge on any atom is 0.248 e. The van der Waals surface area contributed by atoms with Crippen molar-refractivity contribution in [3.63, 3.8) is 0 Å². The molecule has 28 heavy (non-hydrogen) atoms. The Morgan fingerprint density at radius 2 is 2.04 bits per heavy atom. The summed E-state index contributed by atoms with van der Waals surface area (Å²) in [6.07, 6.45) is 3.18. The van der Waals surface area contributed by atoms with Gasteiger partial charge < -0.3 is 19.5 Å². The molecule has 6 heteroatoms. The first-order chi connectivity index (χ1) is 13.6. The zero-order valence-electron chi connectivity index (χ0n) is 15.7. The summed E-state index contributed by atoms with van der Waals surface area (Å²) in [4.78, 5) is 17.0. The minimum Gasteiger partial charge on any atom is -0.493 e. The molecule has 6 nitrogen and oxygen atoms in total. The zero-order chi connectivity index (χ0) is 19.5. The van der Waals surface area contributed by atoms with Crippen LogP contribution in [-0.2, 0) is 4.79 Å². The third kappa shape index (κ3) is 3.62. The average Bonchev–Trinajstić information content (AvgIpc) is 2.72. The van der Waals surface area contributed by atoms with Gasteiger partial charge in [0, 0.05) is 17.2 Å². The first kappa shape index (κ1) is 17.9. The summed E-state index contributed by atoms with van der Waals surface area (Å²) in [7, 11) is 1.57. The van der Waals surface area contributed by atoms with E-state index in [1.807, 2.05) is 43.3 Å². The molecule has 1 aliphatic rings. The predicted molar refractivity (Wildman–Crippen MR) is 108 cm³/mol. The van der Waals surface area contributed by atoms with Crippen molar-refractivity contribution in [2.45, 2.75) is 6.92 Å². The number of nitrogens with one attached hydrogen (secondary N) is 1. The van der Waals surface area contributed by atoms with E-state index in [0.717, 1.165) is 22.2 Å². The van der Waals surface area contributed by atoms with E-state index in [-0.39, 0.29) is 5.91 Å². The topological polar surface area (TPSA) is 69.7 Å². The number of para-hydroxylation sites is 1. The summed E-state index contributed by atoms with van der Waals surface area (Å²) in [5, 5.41) is 3.87. The van der Waals surface area contributed by atoms with Crippen molar-refractivity contribution < 1.29 is 19.0 Å². The maximum atomic E-state index is 12.4. The van der Waals surface area contributed by atoms with E-state index in [1.54, 1.807) is 19.3 Å². The fourth-order valence-electron chi connectivity index (χ4n) is 3.08. The molecule has 3 aromatic rings. The third-order valence-electron chi connectivity index (χ3n) is 4.39. The van der Waals surface area contributed by atoms with Crippen LogP contribution in [0.3, 0.4) is 0 Å². The van der Waals surface area contributed by atoms with Gasteiger partial charge in [-0.2, -0.15) is 0 Å². The highest BCUT2D eigenvalue weighted by Gasteiger charge is 2.17. The van der Waals surface area contributed by atoms with Crippen molar-refractivity contribution in [3.8, 4) is 17.2 Å². The molecule has 2 heterocycles. The molecule has 0 unspecified atom stereocenters. The van der Waals surface area contributed by atoms with Gasteiger partial charge >= 0.3 is 0 Å². The highest BCUT2D eigenvalue weighted by Crippen LogP contribution is 2.40. The number of methoxy groups -OCH3 is 1. The van der Waals surface area contributed by atoms with Gasteiger partial charge in [0.05, 0.1) is 18.3 Å². The number of aromatic nitrogens is 1. The monoisotopic (exact) mass is 376 g/mol. The van der Waals surface area contributed by atoms with Gasteiger partial charge in [-0.15, -0.1) is 0 Å². The van der Waals surface area contributed by atoms with Gasteiger partial charge in [-0.25, -0.2) is 0 Å². The van der Waals surface area contributed by atoms with Gasteiger partial charge in [0.25, 0.3) is 0 Å². The smallest absolute Gasteiger partial charge is 0.248 e. The lowest BCUT2D eigenvalue weighted by atomic mass is 10.1. The third-order valence-corrected chi connectivity index (χ3v) is 4.39. The molecule has 0 atom stereocenters. The minimum absolute atomic E-state index is 0.246. The van der Waals surface area contributed by atoms with Gasteiger partial charge in [-0.1, -0.05) is 18.2 Å². The molecule has 0 spiro atoms. The number of aryl methyl sites for hydroxylation is 1. The number of benzene rings is 2. The second-order valence-corrected chi connectivity index (χ2v) is 6.40. The Hall–Kier alpha value is -3.54. The van der Waals surface area contributed by atoms with Gasteiger partial charge in [-0.3, -0.25) is 9.78 Å². The molecule has 142 valence electrons. The summed E-state index contributed by atoms with van der Waals surface area (Å²) in [5.74, 6) is 1.53. The van der Waals surface area contributed by atoms with Gasteiger partial charge in [-0.05, 0) is 42.8 Å². The lowest BCUT2D eigenvalue weighted by Crippen LogP contribution is -2.16. The number of ether oxygens (including phenoxy) is 3. The van der Waals surface area contributed by atoms with Crippen molar-refractivity contribution in [3.05, 3.63) is 59.8 Å². The van der Waals surface area contributed by atoms with Crippen LogP contribution in [0, 0.1) is 6.92 Å². The Morgan fingerprint density at radius 1 is 1.18 bits per heavy atom. The van der Waals surface area contributed by atoms with Crippen LogP contribution in [0.4, 0.5) is 5.69 Å². The largest absolute Gasteiger partial charge is 0.493 e. The fourth-order valence-corrected chi connectivity index (χ4v) is 3.08. The van der Waals surface area contributed by atoms with Gasteiger partial charge in [0.15, 0.2) is 11.5 Å². The first-order valence-corrected chi connectivity index (χ1v) is 8.97. The van der Waals surface area contributed by atoms with Crippen molar-refractivity contribution in [2.75, 3.05) is 25.6 Å². The molecule has 1 amide bonds. The second kappa shape index (κ2) is 7.60. The number of amides is 1. The van der Waals surface area contributed by atoms with Crippen molar-refractivity contribution in [1.29, 1.82) is 0 Å².